The van der Waals surface area contributed by atoms with E-state index >= 15 is 0 Å². The molecule has 2 aromatic rings. The highest BCUT2D eigenvalue weighted by Gasteiger charge is 2.31. The molecule has 2 amide bonds. The molecule has 174 valence electrons. The molecule has 0 saturated heterocycles. The van der Waals surface area contributed by atoms with Gasteiger partial charge >= 0.3 is 0 Å². The van der Waals surface area contributed by atoms with Gasteiger partial charge in [0.1, 0.15) is 12.6 Å². The number of aryl methyl sites for hydroxylation is 1. The second-order valence-corrected chi connectivity index (χ2v) is 9.92. The van der Waals surface area contributed by atoms with Crippen molar-refractivity contribution in [3.63, 3.8) is 0 Å². The van der Waals surface area contributed by atoms with Gasteiger partial charge in [0.15, 0.2) is 0 Å². The molecule has 0 aliphatic heterocycles. The summed E-state index contributed by atoms with van der Waals surface area (Å²) < 4.78 is 26.0. The topological polar surface area (TPSA) is 86.8 Å². The Morgan fingerprint density at radius 3 is 2.28 bits per heavy atom. The Kier molecular flexibility index (Phi) is 9.09. The minimum absolute atomic E-state index is 0.189. The third-order valence-electron chi connectivity index (χ3n) is 4.97. The Bertz CT molecular complexity index is 1040. The van der Waals surface area contributed by atoms with E-state index in [1.54, 1.807) is 24.3 Å². The van der Waals surface area contributed by atoms with Crippen molar-refractivity contribution >= 4 is 39.1 Å². The van der Waals surface area contributed by atoms with Crippen molar-refractivity contribution in [2.75, 3.05) is 23.7 Å². The van der Waals surface area contributed by atoms with Crippen LogP contribution in [0.2, 0.25) is 5.02 Å². The lowest BCUT2D eigenvalue weighted by molar-refractivity contribution is -0.140. The molecular weight excluding hydrogens is 450 g/mol. The van der Waals surface area contributed by atoms with Gasteiger partial charge in [-0.15, -0.1) is 0 Å². The first-order valence-electron chi connectivity index (χ1n) is 10.4. The molecule has 9 heteroatoms. The molecule has 0 aromatic heterocycles. The van der Waals surface area contributed by atoms with Crippen molar-refractivity contribution in [1.82, 2.24) is 10.2 Å². The molecular formula is C23H30ClN3O4S. The number of hydrogen-bond donors (Lipinski definition) is 1. The molecule has 7 nitrogen and oxygen atoms in total. The van der Waals surface area contributed by atoms with Gasteiger partial charge in [0.25, 0.3) is 0 Å². The molecule has 0 saturated carbocycles. The van der Waals surface area contributed by atoms with Crippen LogP contribution in [0.5, 0.6) is 0 Å². The Hall–Kier alpha value is -2.58. The fraction of sp³-hybridized carbons (Fsp3) is 0.391. The van der Waals surface area contributed by atoms with Crippen LogP contribution >= 0.6 is 11.6 Å². The van der Waals surface area contributed by atoms with Crippen LogP contribution < -0.4 is 9.62 Å². The fourth-order valence-electron chi connectivity index (χ4n) is 3.44. The van der Waals surface area contributed by atoms with Gasteiger partial charge in [-0.1, -0.05) is 48.4 Å². The first kappa shape index (κ1) is 25.7. The quantitative estimate of drug-likeness (QED) is 0.566. The van der Waals surface area contributed by atoms with Crippen LogP contribution in [0, 0.1) is 6.92 Å². The second kappa shape index (κ2) is 11.3. The number of anilines is 1. The van der Waals surface area contributed by atoms with Gasteiger partial charge in [-0.25, -0.2) is 8.42 Å². The molecule has 0 fully saturated rings. The standard InChI is InChI=1S/C23H30ClN3O4S/c1-5-21(23(29)25-6-2)26(15-18-9-7-8-17(3)14-18)22(28)16-27(32(4,30)31)20-12-10-19(24)11-13-20/h7-14,21H,5-6,15-16H2,1-4H3,(H,25,29). The fourth-order valence-corrected chi connectivity index (χ4v) is 4.42. The van der Waals surface area contributed by atoms with E-state index in [2.05, 4.69) is 5.32 Å². The molecule has 0 aliphatic rings. The summed E-state index contributed by atoms with van der Waals surface area (Å²) in [4.78, 5) is 27.6. The summed E-state index contributed by atoms with van der Waals surface area (Å²) in [5, 5.41) is 3.23. The van der Waals surface area contributed by atoms with Crippen LogP contribution in [-0.2, 0) is 26.2 Å². The maximum atomic E-state index is 13.5. The summed E-state index contributed by atoms with van der Waals surface area (Å²) in [6, 6.07) is 13.1. The molecule has 0 radical (unpaired) electrons. The van der Waals surface area contributed by atoms with E-state index in [-0.39, 0.29) is 12.5 Å². The van der Waals surface area contributed by atoms with Gasteiger partial charge in [0, 0.05) is 18.1 Å². The number of rotatable bonds is 10. The zero-order valence-corrected chi connectivity index (χ0v) is 20.4. The highest BCUT2D eigenvalue weighted by molar-refractivity contribution is 7.92. The normalized spacial score (nSPS) is 12.2. The predicted octanol–water partition coefficient (Wildman–Crippen LogP) is 3.36. The number of hydrogen-bond acceptors (Lipinski definition) is 4. The third-order valence-corrected chi connectivity index (χ3v) is 6.36. The first-order chi connectivity index (χ1) is 15.1. The monoisotopic (exact) mass is 479 g/mol. The van der Waals surface area contributed by atoms with Crippen molar-refractivity contribution in [3.8, 4) is 0 Å². The van der Waals surface area contributed by atoms with E-state index in [0.717, 1.165) is 21.7 Å². The largest absolute Gasteiger partial charge is 0.355 e. The number of carbonyl (C=O) groups is 2. The van der Waals surface area contributed by atoms with Crippen LogP contribution in [-0.4, -0.2) is 50.5 Å². The van der Waals surface area contributed by atoms with Crippen LogP contribution in [0.4, 0.5) is 5.69 Å². The molecule has 1 unspecified atom stereocenters. The maximum Gasteiger partial charge on any atom is 0.244 e. The Morgan fingerprint density at radius 1 is 1.09 bits per heavy atom. The van der Waals surface area contributed by atoms with Crippen molar-refractivity contribution in [3.05, 3.63) is 64.7 Å². The van der Waals surface area contributed by atoms with Crippen LogP contribution in [0.3, 0.4) is 0 Å². The number of amides is 2. The molecule has 0 bridgehead atoms. The highest BCUT2D eigenvalue weighted by Crippen LogP contribution is 2.22. The van der Waals surface area contributed by atoms with Crippen LogP contribution in [0.1, 0.15) is 31.4 Å². The summed E-state index contributed by atoms with van der Waals surface area (Å²) in [5.41, 5.74) is 2.21. The molecule has 0 heterocycles. The maximum absolute atomic E-state index is 13.5. The van der Waals surface area contributed by atoms with E-state index in [1.807, 2.05) is 45.0 Å². The molecule has 0 aliphatic carbocycles. The highest BCUT2D eigenvalue weighted by atomic mass is 35.5. The van der Waals surface area contributed by atoms with Gasteiger partial charge in [-0.2, -0.15) is 0 Å². The number of nitrogens with one attached hydrogen (secondary N) is 1. The Morgan fingerprint density at radius 2 is 1.75 bits per heavy atom. The van der Waals surface area contributed by atoms with Crippen molar-refractivity contribution in [2.24, 2.45) is 0 Å². The molecule has 2 rings (SSSR count). The molecule has 32 heavy (non-hydrogen) atoms. The summed E-state index contributed by atoms with van der Waals surface area (Å²) in [7, 11) is -3.76. The molecule has 1 N–H and O–H groups in total. The van der Waals surface area contributed by atoms with Gasteiger partial charge in [0.2, 0.25) is 21.8 Å². The number of likely N-dealkylation sites (N-methyl/N-ethyl adjacent to an activating group) is 1. The smallest absolute Gasteiger partial charge is 0.244 e. The van der Waals surface area contributed by atoms with Crippen LogP contribution in [0.25, 0.3) is 0 Å². The lowest BCUT2D eigenvalue weighted by Gasteiger charge is -2.32. The number of halogens is 1. The van der Waals surface area contributed by atoms with E-state index in [4.69, 9.17) is 11.6 Å². The summed E-state index contributed by atoms with van der Waals surface area (Å²) in [6.45, 7) is 5.77. The lowest BCUT2D eigenvalue weighted by Crippen LogP contribution is -2.52. The average Bonchev–Trinajstić information content (AvgIpc) is 2.72. The van der Waals surface area contributed by atoms with E-state index in [0.29, 0.717) is 23.7 Å². The summed E-state index contributed by atoms with van der Waals surface area (Å²) in [6.07, 6.45) is 1.43. The third kappa shape index (κ3) is 6.97. The first-order valence-corrected chi connectivity index (χ1v) is 12.7. The molecule has 2 aromatic carbocycles. The minimum Gasteiger partial charge on any atom is -0.355 e. The summed E-state index contributed by atoms with van der Waals surface area (Å²) >= 11 is 5.93. The van der Waals surface area contributed by atoms with Crippen molar-refractivity contribution in [1.29, 1.82) is 0 Å². The number of benzene rings is 2. The molecule has 0 spiro atoms. The average molecular weight is 480 g/mol. The number of sulfonamides is 1. The minimum atomic E-state index is -3.76. The number of nitrogens with zero attached hydrogens (tertiary/aromatic N) is 2. The van der Waals surface area contributed by atoms with Gasteiger partial charge < -0.3 is 10.2 Å². The molecule has 1 atom stereocenters. The Labute approximate surface area is 195 Å². The number of carbonyl (C=O) groups excluding carboxylic acids is 2. The van der Waals surface area contributed by atoms with E-state index in [1.165, 1.54) is 4.90 Å². The SMILES string of the molecule is CCNC(=O)C(CC)N(Cc1cccc(C)c1)C(=O)CN(c1ccc(Cl)cc1)S(C)(=O)=O. The Balaban J connectivity index is 2.42. The predicted molar refractivity (Wildman–Crippen MR) is 128 cm³/mol. The zero-order valence-electron chi connectivity index (χ0n) is 18.8. The van der Waals surface area contributed by atoms with Crippen molar-refractivity contribution in [2.45, 2.75) is 39.8 Å². The van der Waals surface area contributed by atoms with Gasteiger partial charge in [-0.05, 0) is 50.1 Å². The van der Waals surface area contributed by atoms with E-state index < -0.39 is 28.5 Å². The zero-order chi connectivity index (χ0) is 23.9. The van der Waals surface area contributed by atoms with Gasteiger partial charge in [-0.3, -0.25) is 13.9 Å². The van der Waals surface area contributed by atoms with Crippen molar-refractivity contribution < 1.29 is 18.0 Å². The lowest BCUT2D eigenvalue weighted by atomic mass is 10.1. The van der Waals surface area contributed by atoms with E-state index in [9.17, 15) is 18.0 Å². The van der Waals surface area contributed by atoms with Crippen LogP contribution in [0.15, 0.2) is 48.5 Å². The van der Waals surface area contributed by atoms with Gasteiger partial charge in [0.05, 0.1) is 11.9 Å². The second-order valence-electron chi connectivity index (χ2n) is 7.58. The summed E-state index contributed by atoms with van der Waals surface area (Å²) in [5.74, 6) is -0.738.